The number of rotatable bonds is 59. The topological polar surface area (TPSA) is 189 Å². The number of hydrogen-bond acceptors (Lipinski definition) is 10. The van der Waals surface area contributed by atoms with Crippen LogP contribution in [-0.2, 0) is 14.3 Å². The summed E-state index contributed by atoms with van der Waals surface area (Å²) in [6, 6.07) is -1.18. The molecule has 11 nitrogen and oxygen atoms in total. The molecular weight excluding hydrogens is 967 g/mol. The molecule has 458 valence electrons. The molecule has 77 heavy (non-hydrogen) atoms. The maximum atomic E-state index is 13.2. The van der Waals surface area contributed by atoms with Crippen LogP contribution in [0.5, 0.6) is 0 Å². The molecule has 1 amide bonds. The SMILES string of the molecule is CCCCCCCCCCCCCCCCC/C=C/CCCC(O)C(O)C(COC1OC(CO)C(O)C(O)C1O)NC(=O)C(O)CCCCCCCCCCCCCCCCCCCCCCCCCCCCCCCC. The number of allylic oxidation sites excluding steroid dienone is 2. The van der Waals surface area contributed by atoms with E-state index in [0.717, 1.165) is 38.5 Å². The zero-order valence-corrected chi connectivity index (χ0v) is 50.5. The minimum atomic E-state index is -1.67. The summed E-state index contributed by atoms with van der Waals surface area (Å²) in [5, 5.41) is 76.4. The number of hydrogen-bond donors (Lipinski definition) is 8. The van der Waals surface area contributed by atoms with Crippen molar-refractivity contribution in [1.82, 2.24) is 5.32 Å². The third-order valence-corrected chi connectivity index (χ3v) is 16.6. The fourth-order valence-electron chi connectivity index (χ4n) is 11.2. The van der Waals surface area contributed by atoms with Crippen molar-refractivity contribution >= 4 is 5.91 Å². The summed E-state index contributed by atoms with van der Waals surface area (Å²) in [6.45, 7) is 3.50. The first-order chi connectivity index (χ1) is 37.7. The van der Waals surface area contributed by atoms with Gasteiger partial charge in [-0.15, -0.1) is 0 Å². The summed E-state index contributed by atoms with van der Waals surface area (Å²) in [7, 11) is 0. The Hall–Kier alpha value is -1.15. The molecule has 0 bridgehead atoms. The third-order valence-electron chi connectivity index (χ3n) is 16.6. The number of aliphatic hydroxyl groups is 7. The van der Waals surface area contributed by atoms with E-state index >= 15 is 0 Å². The van der Waals surface area contributed by atoms with Gasteiger partial charge in [-0.1, -0.05) is 309 Å². The van der Waals surface area contributed by atoms with Crippen molar-refractivity contribution in [3.8, 4) is 0 Å². The van der Waals surface area contributed by atoms with Crippen molar-refractivity contribution in [2.75, 3.05) is 13.2 Å². The maximum absolute atomic E-state index is 13.2. The van der Waals surface area contributed by atoms with Crippen molar-refractivity contribution in [3.05, 3.63) is 12.2 Å². The highest BCUT2D eigenvalue weighted by Crippen LogP contribution is 2.24. The van der Waals surface area contributed by atoms with E-state index in [0.29, 0.717) is 12.8 Å². The highest BCUT2D eigenvalue weighted by molar-refractivity contribution is 5.80. The smallest absolute Gasteiger partial charge is 0.249 e. The number of amides is 1. The Morgan fingerprint density at radius 3 is 1.12 bits per heavy atom. The number of ether oxygens (including phenoxy) is 2. The number of carbonyl (C=O) groups is 1. The Bertz CT molecular complexity index is 1260. The molecule has 0 aromatic heterocycles. The van der Waals surface area contributed by atoms with E-state index in [9.17, 15) is 40.5 Å². The summed E-state index contributed by atoms with van der Waals surface area (Å²) < 4.78 is 11.2. The molecule has 8 N–H and O–H groups in total. The van der Waals surface area contributed by atoms with Crippen molar-refractivity contribution in [2.24, 2.45) is 0 Å². The number of unbranched alkanes of at least 4 members (excludes halogenated alkanes) is 45. The summed E-state index contributed by atoms with van der Waals surface area (Å²) in [6.07, 6.45) is 55.8. The molecule has 11 heteroatoms. The van der Waals surface area contributed by atoms with Crippen LogP contribution in [0.4, 0.5) is 0 Å². The molecule has 0 saturated carbocycles. The second-order valence-corrected chi connectivity index (χ2v) is 23.9. The molecule has 1 aliphatic rings. The van der Waals surface area contributed by atoms with Gasteiger partial charge in [0, 0.05) is 0 Å². The van der Waals surface area contributed by atoms with Gasteiger partial charge in [0.05, 0.1) is 25.4 Å². The van der Waals surface area contributed by atoms with Gasteiger partial charge in [0.25, 0.3) is 0 Å². The second kappa shape index (κ2) is 55.4. The van der Waals surface area contributed by atoms with Crippen LogP contribution in [0.25, 0.3) is 0 Å². The van der Waals surface area contributed by atoms with Crippen LogP contribution < -0.4 is 5.32 Å². The Morgan fingerprint density at radius 1 is 0.442 bits per heavy atom. The van der Waals surface area contributed by atoms with Crippen molar-refractivity contribution < 1.29 is 50.0 Å². The van der Waals surface area contributed by atoms with Gasteiger partial charge in [-0.2, -0.15) is 0 Å². The van der Waals surface area contributed by atoms with Crippen LogP contribution in [0.15, 0.2) is 12.2 Å². The molecule has 1 heterocycles. The Balaban J connectivity index is 2.21. The number of aliphatic hydroxyl groups excluding tert-OH is 7. The van der Waals surface area contributed by atoms with E-state index in [-0.39, 0.29) is 12.8 Å². The average Bonchev–Trinajstić information content (AvgIpc) is 3.43. The van der Waals surface area contributed by atoms with E-state index < -0.39 is 74.2 Å². The lowest BCUT2D eigenvalue weighted by Gasteiger charge is -2.40. The molecule has 1 saturated heterocycles. The molecule has 0 spiro atoms. The first-order valence-corrected chi connectivity index (χ1v) is 33.6. The van der Waals surface area contributed by atoms with Crippen LogP contribution in [-0.4, -0.2) is 110 Å². The highest BCUT2D eigenvalue weighted by atomic mass is 16.7. The predicted molar refractivity (Wildman–Crippen MR) is 321 cm³/mol. The highest BCUT2D eigenvalue weighted by Gasteiger charge is 2.44. The van der Waals surface area contributed by atoms with Crippen LogP contribution in [0.2, 0.25) is 0 Å². The Morgan fingerprint density at radius 2 is 0.766 bits per heavy atom. The molecule has 9 atom stereocenters. The first-order valence-electron chi connectivity index (χ1n) is 33.6. The van der Waals surface area contributed by atoms with E-state index in [4.69, 9.17) is 9.47 Å². The molecule has 1 fully saturated rings. The fourth-order valence-corrected chi connectivity index (χ4v) is 11.2. The van der Waals surface area contributed by atoms with Crippen LogP contribution >= 0.6 is 0 Å². The van der Waals surface area contributed by atoms with Crippen molar-refractivity contribution in [2.45, 2.75) is 390 Å². The van der Waals surface area contributed by atoms with Crippen LogP contribution in [0, 0.1) is 0 Å². The summed E-state index contributed by atoms with van der Waals surface area (Å²) in [5.41, 5.74) is 0. The van der Waals surface area contributed by atoms with Gasteiger partial charge < -0.3 is 50.5 Å². The summed E-state index contributed by atoms with van der Waals surface area (Å²) in [4.78, 5) is 13.2. The standard InChI is InChI=1S/C66H129NO10/c1-3-5-7-9-11-13-15-17-19-21-23-25-26-27-28-29-30-31-32-33-34-36-38-40-42-44-46-48-50-52-54-59(70)65(75)67-57(56-76-66-64(74)63(73)62(72)60(55-68)77-66)61(71)58(69)53-51-49-47-45-43-41-39-37-35-24-22-20-18-16-14-12-10-8-6-4-2/h45,47,57-64,66,68-74H,3-44,46,48-56H2,1-2H3,(H,67,75)/b47-45+. The average molecular weight is 1100 g/mol. The minimum Gasteiger partial charge on any atom is -0.394 e. The molecule has 9 unspecified atom stereocenters. The largest absolute Gasteiger partial charge is 0.394 e. The number of nitrogens with one attached hydrogen (secondary N) is 1. The van der Waals surface area contributed by atoms with Gasteiger partial charge in [0.15, 0.2) is 6.29 Å². The lowest BCUT2D eigenvalue weighted by Crippen LogP contribution is -2.60. The lowest BCUT2D eigenvalue weighted by molar-refractivity contribution is -0.303. The summed E-state index contributed by atoms with van der Waals surface area (Å²) in [5.74, 6) is -0.698. The molecule has 1 aliphatic heterocycles. The monoisotopic (exact) mass is 1100 g/mol. The Labute approximate surface area is 474 Å². The van der Waals surface area contributed by atoms with Gasteiger partial charge in [0.2, 0.25) is 5.91 Å². The first kappa shape index (κ1) is 73.9. The zero-order chi connectivity index (χ0) is 56.1. The molecule has 0 aromatic rings. The lowest BCUT2D eigenvalue weighted by atomic mass is 9.98. The Kier molecular flexibility index (Phi) is 53.1. The predicted octanol–water partition coefficient (Wildman–Crippen LogP) is 15.5. The quantitative estimate of drug-likeness (QED) is 0.0215. The molecule has 1 rings (SSSR count). The summed E-state index contributed by atoms with van der Waals surface area (Å²) >= 11 is 0. The van der Waals surface area contributed by atoms with E-state index in [2.05, 4.69) is 31.3 Å². The van der Waals surface area contributed by atoms with Gasteiger partial charge in [0.1, 0.15) is 36.6 Å². The molecule has 0 aliphatic carbocycles. The van der Waals surface area contributed by atoms with Crippen LogP contribution in [0.3, 0.4) is 0 Å². The molecular formula is C66H129NO10. The third kappa shape index (κ3) is 43.2. The van der Waals surface area contributed by atoms with Gasteiger partial charge in [-0.05, 0) is 38.5 Å². The van der Waals surface area contributed by atoms with Gasteiger partial charge in [-0.25, -0.2) is 0 Å². The number of carbonyl (C=O) groups excluding carboxylic acids is 1. The normalized spacial score (nSPS) is 19.5. The van der Waals surface area contributed by atoms with Crippen molar-refractivity contribution in [3.63, 3.8) is 0 Å². The molecule has 0 radical (unpaired) electrons. The zero-order valence-electron chi connectivity index (χ0n) is 50.5. The van der Waals surface area contributed by atoms with Crippen molar-refractivity contribution in [1.29, 1.82) is 0 Å². The van der Waals surface area contributed by atoms with E-state index in [1.165, 1.54) is 257 Å². The van der Waals surface area contributed by atoms with Crippen LogP contribution in [0.1, 0.15) is 335 Å². The van der Waals surface area contributed by atoms with Gasteiger partial charge >= 0.3 is 0 Å². The second-order valence-electron chi connectivity index (χ2n) is 23.9. The van der Waals surface area contributed by atoms with E-state index in [1.54, 1.807) is 0 Å². The minimum absolute atomic E-state index is 0.260. The van der Waals surface area contributed by atoms with E-state index in [1.807, 2.05) is 0 Å². The fraction of sp³-hybridized carbons (Fsp3) is 0.955. The van der Waals surface area contributed by atoms with Gasteiger partial charge in [-0.3, -0.25) is 4.79 Å². The molecule has 0 aromatic carbocycles. The maximum Gasteiger partial charge on any atom is 0.249 e.